The topological polar surface area (TPSA) is 0 Å². The monoisotopic (exact) mass is 172 g/mol. The van der Waals surface area contributed by atoms with Crippen LogP contribution in [0, 0.1) is 11.8 Å². The minimum Gasteiger partial charge on any atom is -0.126 e. The third-order valence-electron chi connectivity index (χ3n) is 2.73. The van der Waals surface area contributed by atoms with E-state index in [9.17, 15) is 0 Å². The van der Waals surface area contributed by atoms with Crippen molar-refractivity contribution in [1.29, 1.82) is 0 Å². The van der Waals surface area contributed by atoms with Crippen LogP contribution in [-0.4, -0.2) is 5.88 Å². The molecule has 0 aromatic rings. The minimum absolute atomic E-state index is 0.695. The molecule has 0 aliphatic heterocycles. The van der Waals surface area contributed by atoms with Crippen LogP contribution in [0.2, 0.25) is 0 Å². The van der Waals surface area contributed by atoms with E-state index >= 15 is 0 Å². The zero-order valence-corrected chi connectivity index (χ0v) is 8.19. The van der Waals surface area contributed by atoms with Crippen LogP contribution >= 0.6 is 11.6 Å². The molecule has 0 radical (unpaired) electrons. The zero-order valence-electron chi connectivity index (χ0n) is 7.44. The van der Waals surface area contributed by atoms with Crippen molar-refractivity contribution in [2.24, 2.45) is 11.8 Å². The highest BCUT2D eigenvalue weighted by atomic mass is 35.5. The lowest BCUT2D eigenvalue weighted by atomic mass is 9.83. The van der Waals surface area contributed by atoms with Crippen LogP contribution in [0.25, 0.3) is 0 Å². The lowest BCUT2D eigenvalue weighted by molar-refractivity contribution is 0.354. The van der Waals surface area contributed by atoms with Crippen LogP contribution in [0.4, 0.5) is 0 Å². The fourth-order valence-corrected chi connectivity index (χ4v) is 1.88. The molecule has 0 N–H and O–H groups in total. The molecule has 1 aliphatic carbocycles. The Bertz CT molecular complexity index is 149. The van der Waals surface area contributed by atoms with E-state index in [1.807, 2.05) is 0 Å². The fraction of sp³-hybridized carbons (Fsp3) is 0.800. The summed E-state index contributed by atoms with van der Waals surface area (Å²) in [5.74, 6) is 2.36. The Kier molecular flexibility index (Phi) is 3.45. The van der Waals surface area contributed by atoms with E-state index in [1.165, 1.54) is 19.3 Å². The van der Waals surface area contributed by atoms with Gasteiger partial charge >= 0.3 is 0 Å². The molecule has 0 bridgehead atoms. The molecule has 1 rings (SSSR count). The maximum atomic E-state index is 5.80. The second-order valence-corrected chi connectivity index (χ2v) is 4.03. The highest BCUT2D eigenvalue weighted by Crippen LogP contribution is 2.29. The SMILES string of the molecule is CC1=CCC(C(C)CCl)CC1. The molecule has 0 amide bonds. The Morgan fingerprint density at radius 3 is 2.91 bits per heavy atom. The highest BCUT2D eigenvalue weighted by molar-refractivity contribution is 6.18. The molecule has 0 aromatic carbocycles. The Morgan fingerprint density at radius 1 is 1.73 bits per heavy atom. The van der Waals surface area contributed by atoms with Crippen LogP contribution in [0.3, 0.4) is 0 Å². The van der Waals surface area contributed by atoms with Crippen molar-refractivity contribution in [3.8, 4) is 0 Å². The quantitative estimate of drug-likeness (QED) is 0.441. The summed E-state index contributed by atoms with van der Waals surface area (Å²) in [6, 6.07) is 0. The van der Waals surface area contributed by atoms with Crippen LogP contribution in [0.1, 0.15) is 33.1 Å². The highest BCUT2D eigenvalue weighted by Gasteiger charge is 2.17. The molecule has 0 saturated carbocycles. The number of rotatable bonds is 2. The van der Waals surface area contributed by atoms with Gasteiger partial charge in [0.25, 0.3) is 0 Å². The van der Waals surface area contributed by atoms with Gasteiger partial charge < -0.3 is 0 Å². The van der Waals surface area contributed by atoms with Gasteiger partial charge in [0, 0.05) is 5.88 Å². The Hall–Kier alpha value is 0.0300. The number of alkyl halides is 1. The van der Waals surface area contributed by atoms with Crippen molar-refractivity contribution in [3.05, 3.63) is 11.6 Å². The lowest BCUT2D eigenvalue weighted by Crippen LogP contribution is -2.15. The van der Waals surface area contributed by atoms with Crippen LogP contribution < -0.4 is 0 Å². The second-order valence-electron chi connectivity index (χ2n) is 3.72. The lowest BCUT2D eigenvalue weighted by Gasteiger charge is -2.24. The molecule has 1 aliphatic rings. The Labute approximate surface area is 74.6 Å². The third-order valence-corrected chi connectivity index (χ3v) is 3.21. The van der Waals surface area contributed by atoms with E-state index in [0.29, 0.717) is 5.92 Å². The largest absolute Gasteiger partial charge is 0.126 e. The van der Waals surface area contributed by atoms with E-state index in [1.54, 1.807) is 5.57 Å². The van der Waals surface area contributed by atoms with Gasteiger partial charge in [-0.2, -0.15) is 0 Å². The van der Waals surface area contributed by atoms with Crippen molar-refractivity contribution in [1.82, 2.24) is 0 Å². The predicted octanol–water partition coefficient (Wildman–Crippen LogP) is 3.61. The average Bonchev–Trinajstić information content (AvgIpc) is 2.05. The van der Waals surface area contributed by atoms with E-state index in [0.717, 1.165) is 11.8 Å². The standard InChI is InChI=1S/C10H17Cl/c1-8-3-5-10(6-4-8)9(2)7-11/h3,9-10H,4-7H2,1-2H3. The van der Waals surface area contributed by atoms with Crippen molar-refractivity contribution in [2.45, 2.75) is 33.1 Å². The molecule has 0 aromatic heterocycles. The molecule has 64 valence electrons. The summed E-state index contributed by atoms with van der Waals surface area (Å²) in [7, 11) is 0. The molecule has 0 nitrogen and oxygen atoms in total. The van der Waals surface area contributed by atoms with E-state index < -0.39 is 0 Å². The van der Waals surface area contributed by atoms with Gasteiger partial charge in [0.05, 0.1) is 0 Å². The van der Waals surface area contributed by atoms with Crippen molar-refractivity contribution in [3.63, 3.8) is 0 Å². The van der Waals surface area contributed by atoms with Crippen molar-refractivity contribution >= 4 is 11.6 Å². The maximum absolute atomic E-state index is 5.80. The van der Waals surface area contributed by atoms with Gasteiger partial charge in [-0.15, -0.1) is 11.6 Å². The smallest absolute Gasteiger partial charge is 0.0251 e. The average molecular weight is 173 g/mol. The van der Waals surface area contributed by atoms with E-state index in [-0.39, 0.29) is 0 Å². The van der Waals surface area contributed by atoms with Gasteiger partial charge in [0.15, 0.2) is 0 Å². The van der Waals surface area contributed by atoms with Gasteiger partial charge in [0.2, 0.25) is 0 Å². The molecule has 2 unspecified atom stereocenters. The fourth-order valence-electron chi connectivity index (χ4n) is 1.63. The molecule has 0 saturated heterocycles. The summed E-state index contributed by atoms with van der Waals surface area (Å²) in [5, 5.41) is 0. The molecule has 11 heavy (non-hydrogen) atoms. The van der Waals surface area contributed by atoms with Crippen LogP contribution in [0.15, 0.2) is 11.6 Å². The first kappa shape index (κ1) is 9.12. The summed E-state index contributed by atoms with van der Waals surface area (Å²) >= 11 is 5.80. The molecular formula is C10H17Cl. The van der Waals surface area contributed by atoms with Gasteiger partial charge in [-0.1, -0.05) is 18.6 Å². The Morgan fingerprint density at radius 2 is 2.45 bits per heavy atom. The maximum Gasteiger partial charge on any atom is 0.0251 e. The summed E-state index contributed by atoms with van der Waals surface area (Å²) < 4.78 is 0. The normalized spacial score (nSPS) is 27.9. The van der Waals surface area contributed by atoms with Crippen molar-refractivity contribution < 1.29 is 0 Å². The summed E-state index contributed by atoms with van der Waals surface area (Å²) in [4.78, 5) is 0. The number of halogens is 1. The van der Waals surface area contributed by atoms with Gasteiger partial charge in [0.1, 0.15) is 0 Å². The van der Waals surface area contributed by atoms with E-state index in [2.05, 4.69) is 19.9 Å². The second kappa shape index (κ2) is 4.15. The number of hydrogen-bond donors (Lipinski definition) is 0. The van der Waals surface area contributed by atoms with E-state index in [4.69, 9.17) is 11.6 Å². The summed E-state index contributed by atoms with van der Waals surface area (Å²) in [5.41, 5.74) is 1.56. The summed E-state index contributed by atoms with van der Waals surface area (Å²) in [6.07, 6.45) is 6.25. The van der Waals surface area contributed by atoms with Gasteiger partial charge in [-0.05, 0) is 38.0 Å². The summed E-state index contributed by atoms with van der Waals surface area (Å²) in [6.45, 7) is 4.48. The minimum atomic E-state index is 0.695. The molecule has 0 heterocycles. The molecule has 0 spiro atoms. The van der Waals surface area contributed by atoms with Gasteiger partial charge in [-0.3, -0.25) is 0 Å². The molecule has 0 fully saturated rings. The first-order valence-corrected chi connectivity index (χ1v) is 4.99. The first-order chi connectivity index (χ1) is 5.24. The van der Waals surface area contributed by atoms with Crippen molar-refractivity contribution in [2.75, 3.05) is 5.88 Å². The van der Waals surface area contributed by atoms with Crippen LogP contribution in [0.5, 0.6) is 0 Å². The number of allylic oxidation sites excluding steroid dienone is 2. The third kappa shape index (κ3) is 2.52. The zero-order chi connectivity index (χ0) is 8.27. The number of hydrogen-bond acceptors (Lipinski definition) is 0. The van der Waals surface area contributed by atoms with Gasteiger partial charge in [-0.25, -0.2) is 0 Å². The Balaban J connectivity index is 2.40. The first-order valence-electron chi connectivity index (χ1n) is 4.45. The molecular weight excluding hydrogens is 156 g/mol. The molecule has 1 heteroatoms. The van der Waals surface area contributed by atoms with Crippen LogP contribution in [-0.2, 0) is 0 Å². The predicted molar refractivity (Wildman–Crippen MR) is 51.0 cm³/mol. The molecule has 2 atom stereocenters.